The van der Waals surface area contributed by atoms with Crippen LogP contribution >= 0.6 is 0 Å². The van der Waals surface area contributed by atoms with Crippen molar-refractivity contribution in [2.75, 3.05) is 12.0 Å². The Morgan fingerprint density at radius 1 is 1.23 bits per heavy atom. The second-order valence-corrected chi connectivity index (χ2v) is 8.61. The molecule has 5 rings (SSSR count). The van der Waals surface area contributed by atoms with Crippen LogP contribution in [-0.2, 0) is 11.2 Å². The minimum atomic E-state index is -2.66. The SMILES string of the molecule is COC(=O)N1c2ccc(-c3cnn(C4CC4)c3)c(OC3CC(F)(F)C3)c2CCC1C. The quantitative estimate of drug-likeness (QED) is 0.705. The molecule has 0 radical (unpaired) electrons. The third-order valence-electron chi connectivity index (χ3n) is 6.29. The molecule has 3 aliphatic rings. The van der Waals surface area contributed by atoms with E-state index in [0.29, 0.717) is 18.2 Å². The lowest BCUT2D eigenvalue weighted by Gasteiger charge is -2.38. The van der Waals surface area contributed by atoms with Crippen molar-refractivity contribution in [3.05, 3.63) is 30.1 Å². The van der Waals surface area contributed by atoms with Crippen LogP contribution < -0.4 is 9.64 Å². The van der Waals surface area contributed by atoms with Gasteiger partial charge in [0, 0.05) is 41.8 Å². The second kappa shape index (κ2) is 6.96. The summed E-state index contributed by atoms with van der Waals surface area (Å²) in [6.07, 6.45) is 5.95. The Bertz CT molecular complexity index is 978. The monoisotopic (exact) mass is 417 g/mol. The second-order valence-electron chi connectivity index (χ2n) is 8.61. The molecule has 2 aliphatic carbocycles. The van der Waals surface area contributed by atoms with Crippen LogP contribution in [0.15, 0.2) is 24.5 Å². The first-order valence-corrected chi connectivity index (χ1v) is 10.5. The topological polar surface area (TPSA) is 56.6 Å². The van der Waals surface area contributed by atoms with E-state index in [1.54, 1.807) is 11.1 Å². The maximum absolute atomic E-state index is 13.5. The summed E-state index contributed by atoms with van der Waals surface area (Å²) in [6, 6.07) is 4.22. The maximum Gasteiger partial charge on any atom is 0.414 e. The molecule has 1 aromatic heterocycles. The maximum atomic E-state index is 13.5. The molecule has 2 saturated carbocycles. The number of amides is 1. The Morgan fingerprint density at radius 2 is 2.00 bits per heavy atom. The van der Waals surface area contributed by atoms with Gasteiger partial charge in [0.2, 0.25) is 0 Å². The fourth-order valence-electron chi connectivity index (χ4n) is 4.42. The van der Waals surface area contributed by atoms with Crippen molar-refractivity contribution >= 4 is 11.8 Å². The van der Waals surface area contributed by atoms with E-state index in [1.165, 1.54) is 7.11 Å². The standard InChI is InChI=1S/C22H25F2N3O3/c1-13-3-6-18-19(27(13)21(28)29-2)8-7-17(14-11-25-26(12-14)15-4-5-15)20(18)30-16-9-22(23,24)10-16/h7-8,11-13,15-16H,3-6,9-10H2,1-2H3. The summed E-state index contributed by atoms with van der Waals surface area (Å²) in [5.41, 5.74) is 3.31. The molecule has 1 aliphatic heterocycles. The smallest absolute Gasteiger partial charge is 0.414 e. The number of carbonyl (C=O) groups is 1. The molecule has 0 N–H and O–H groups in total. The van der Waals surface area contributed by atoms with Gasteiger partial charge in [-0.05, 0) is 44.7 Å². The van der Waals surface area contributed by atoms with Crippen LogP contribution in [0.2, 0.25) is 0 Å². The molecule has 1 atom stereocenters. The molecule has 2 aromatic rings. The lowest BCUT2D eigenvalue weighted by molar-refractivity contribution is -0.134. The number of aromatic nitrogens is 2. The molecule has 0 spiro atoms. The number of fused-ring (bicyclic) bond motifs is 1. The zero-order valence-electron chi connectivity index (χ0n) is 17.1. The van der Waals surface area contributed by atoms with E-state index in [-0.39, 0.29) is 18.9 Å². The van der Waals surface area contributed by atoms with Gasteiger partial charge in [-0.1, -0.05) is 0 Å². The molecule has 0 saturated heterocycles. The summed E-state index contributed by atoms with van der Waals surface area (Å²) in [5, 5.41) is 4.47. The highest BCUT2D eigenvalue weighted by Crippen LogP contribution is 2.47. The van der Waals surface area contributed by atoms with Crippen LogP contribution in [0.4, 0.5) is 19.3 Å². The molecule has 8 heteroatoms. The van der Waals surface area contributed by atoms with Crippen LogP contribution in [-0.4, -0.2) is 41.1 Å². The van der Waals surface area contributed by atoms with E-state index >= 15 is 0 Å². The molecular weight excluding hydrogens is 392 g/mol. The Kier molecular flexibility index (Phi) is 4.48. The fraction of sp³-hybridized carbons (Fsp3) is 0.545. The minimum absolute atomic E-state index is 0.0192. The zero-order valence-corrected chi connectivity index (χ0v) is 17.1. The Labute approximate surface area is 173 Å². The van der Waals surface area contributed by atoms with Crippen LogP contribution in [0.1, 0.15) is 50.6 Å². The van der Waals surface area contributed by atoms with Gasteiger partial charge in [-0.15, -0.1) is 0 Å². The summed E-state index contributed by atoms with van der Waals surface area (Å²) in [7, 11) is 1.36. The number of rotatable bonds is 4. The number of hydrogen-bond acceptors (Lipinski definition) is 4. The van der Waals surface area contributed by atoms with Gasteiger partial charge >= 0.3 is 6.09 Å². The Morgan fingerprint density at radius 3 is 2.67 bits per heavy atom. The number of nitrogens with zero attached hydrogens (tertiary/aromatic N) is 3. The molecule has 6 nitrogen and oxygen atoms in total. The summed E-state index contributed by atoms with van der Waals surface area (Å²) in [5.74, 6) is -2.08. The first kappa shape index (κ1) is 19.3. The number of benzene rings is 1. The molecule has 1 amide bonds. The van der Waals surface area contributed by atoms with Crippen molar-refractivity contribution in [1.29, 1.82) is 0 Å². The zero-order chi connectivity index (χ0) is 21.0. The number of hydrogen-bond donors (Lipinski definition) is 0. The van der Waals surface area contributed by atoms with Gasteiger partial charge in [0.05, 0.1) is 25.0 Å². The predicted octanol–water partition coefficient (Wildman–Crippen LogP) is 4.97. The normalized spacial score (nSPS) is 22.9. The molecule has 0 bridgehead atoms. The predicted molar refractivity (Wildman–Crippen MR) is 107 cm³/mol. The average Bonchev–Trinajstić information content (AvgIpc) is 3.43. The number of anilines is 1. The fourth-order valence-corrected chi connectivity index (χ4v) is 4.42. The highest BCUT2D eigenvalue weighted by Gasteiger charge is 2.47. The van der Waals surface area contributed by atoms with Crippen molar-refractivity contribution in [2.45, 2.75) is 69.6 Å². The number of ether oxygens (including phenoxy) is 2. The van der Waals surface area contributed by atoms with E-state index in [1.807, 2.05) is 29.9 Å². The van der Waals surface area contributed by atoms with Gasteiger partial charge < -0.3 is 9.47 Å². The molecule has 1 aromatic carbocycles. The molecule has 2 fully saturated rings. The summed E-state index contributed by atoms with van der Waals surface area (Å²) < 4.78 is 40.0. The van der Waals surface area contributed by atoms with Crippen LogP contribution in [0, 0.1) is 0 Å². The van der Waals surface area contributed by atoms with Crippen LogP contribution in [0.25, 0.3) is 11.1 Å². The summed E-state index contributed by atoms with van der Waals surface area (Å²) in [6.45, 7) is 1.97. The molecular formula is C22H25F2N3O3. The molecule has 160 valence electrons. The Balaban J connectivity index is 1.57. The van der Waals surface area contributed by atoms with Crippen molar-refractivity contribution in [2.24, 2.45) is 0 Å². The van der Waals surface area contributed by atoms with Gasteiger partial charge in [0.1, 0.15) is 11.9 Å². The highest BCUT2D eigenvalue weighted by atomic mass is 19.3. The molecule has 1 unspecified atom stereocenters. The summed E-state index contributed by atoms with van der Waals surface area (Å²) in [4.78, 5) is 14.0. The highest BCUT2D eigenvalue weighted by molar-refractivity contribution is 5.92. The number of halogens is 2. The van der Waals surface area contributed by atoms with Crippen LogP contribution in [0.3, 0.4) is 0 Å². The van der Waals surface area contributed by atoms with E-state index in [2.05, 4.69) is 5.10 Å². The average molecular weight is 417 g/mol. The van der Waals surface area contributed by atoms with Gasteiger partial charge in [0.25, 0.3) is 5.92 Å². The van der Waals surface area contributed by atoms with Crippen LogP contribution in [0.5, 0.6) is 5.75 Å². The summed E-state index contributed by atoms with van der Waals surface area (Å²) >= 11 is 0. The molecule has 2 heterocycles. The third-order valence-corrected chi connectivity index (χ3v) is 6.29. The van der Waals surface area contributed by atoms with Gasteiger partial charge in [-0.3, -0.25) is 9.58 Å². The Hall–Kier alpha value is -2.64. The van der Waals surface area contributed by atoms with Crippen molar-refractivity contribution in [1.82, 2.24) is 9.78 Å². The largest absolute Gasteiger partial charge is 0.489 e. The van der Waals surface area contributed by atoms with Gasteiger partial charge in [0.15, 0.2) is 0 Å². The first-order chi connectivity index (χ1) is 14.4. The van der Waals surface area contributed by atoms with Crippen molar-refractivity contribution in [3.8, 4) is 16.9 Å². The van der Waals surface area contributed by atoms with Crippen molar-refractivity contribution < 1.29 is 23.0 Å². The molecule has 30 heavy (non-hydrogen) atoms. The minimum Gasteiger partial charge on any atom is -0.489 e. The number of methoxy groups -OCH3 is 1. The van der Waals surface area contributed by atoms with E-state index in [9.17, 15) is 13.6 Å². The van der Waals surface area contributed by atoms with E-state index in [0.717, 1.165) is 41.6 Å². The van der Waals surface area contributed by atoms with Gasteiger partial charge in [-0.25, -0.2) is 13.6 Å². The van der Waals surface area contributed by atoms with Crippen molar-refractivity contribution in [3.63, 3.8) is 0 Å². The van der Waals surface area contributed by atoms with E-state index in [4.69, 9.17) is 9.47 Å². The third kappa shape index (κ3) is 3.32. The lowest BCUT2D eigenvalue weighted by atomic mass is 9.89. The van der Waals surface area contributed by atoms with Gasteiger partial charge in [-0.2, -0.15) is 5.10 Å². The number of carbonyl (C=O) groups excluding carboxylic acids is 1. The number of alkyl halides is 2. The first-order valence-electron chi connectivity index (χ1n) is 10.5. The lowest BCUT2D eigenvalue weighted by Crippen LogP contribution is -2.44. The van der Waals surface area contributed by atoms with E-state index < -0.39 is 18.1 Å².